The molecule has 6 heteroatoms. The fourth-order valence-corrected chi connectivity index (χ4v) is 1.31. The number of aliphatic hydroxyl groups excluding tert-OH is 1. The average Bonchev–Trinajstić information content (AvgIpc) is 1.59. The molecule has 1 unspecified atom stereocenters. The third-order valence-electron chi connectivity index (χ3n) is 1.02. The summed E-state index contributed by atoms with van der Waals surface area (Å²) >= 11 is 0. The summed E-state index contributed by atoms with van der Waals surface area (Å²) in [7, 11) is -4.00. The van der Waals surface area contributed by atoms with Crippen LogP contribution >= 0.6 is 0 Å². The van der Waals surface area contributed by atoms with E-state index >= 15 is 0 Å². The summed E-state index contributed by atoms with van der Waals surface area (Å²) < 4.78 is 28.5. The molecule has 0 heterocycles. The van der Waals surface area contributed by atoms with Crippen molar-refractivity contribution < 1.29 is 49.1 Å². The van der Waals surface area contributed by atoms with Crippen LogP contribution in [0.2, 0.25) is 0 Å². The van der Waals surface area contributed by atoms with Crippen LogP contribution in [-0.4, -0.2) is 29.9 Å². The molecule has 0 amide bonds. The number of hydrogen-bond donors (Lipinski definition) is 2. The van der Waals surface area contributed by atoms with E-state index in [1.54, 1.807) is 0 Å². The summed E-state index contributed by atoms with van der Waals surface area (Å²) in [5, 5.41) is 8.85. The van der Waals surface area contributed by atoms with Crippen LogP contribution in [0.1, 0.15) is 21.2 Å². The zero-order chi connectivity index (χ0) is 8.20. The maximum Gasteiger partial charge on any atom is 1.00 e. The Kier molecular flexibility index (Phi) is 8.37. The Morgan fingerprint density at radius 2 is 2.00 bits per heavy atom. The molecule has 0 aliphatic heterocycles. The van der Waals surface area contributed by atoms with E-state index in [2.05, 4.69) is 0 Å². The predicted molar refractivity (Wildman–Crippen MR) is 38.4 cm³/mol. The summed E-state index contributed by atoms with van der Waals surface area (Å²) in [5.41, 5.74) is 0. The van der Waals surface area contributed by atoms with Crippen molar-refractivity contribution in [3.05, 3.63) is 0 Å². The average molecular weight is 192 g/mol. The summed E-state index contributed by atoms with van der Waals surface area (Å²) in [6.45, 7) is 1.83. The molecule has 4 nitrogen and oxygen atoms in total. The van der Waals surface area contributed by atoms with Gasteiger partial charge in [0.1, 0.15) is 5.75 Å². The van der Waals surface area contributed by atoms with Crippen LogP contribution < -0.4 is 29.6 Å². The van der Waals surface area contributed by atoms with Crippen LogP contribution in [0, 0.1) is 0 Å². The number of rotatable bonds is 4. The maximum atomic E-state index is 10.1. The quantitative estimate of drug-likeness (QED) is 0.371. The first-order valence-corrected chi connectivity index (χ1v) is 4.70. The van der Waals surface area contributed by atoms with E-state index in [0.717, 1.165) is 0 Å². The molecule has 1 atom stereocenters. The van der Waals surface area contributed by atoms with Gasteiger partial charge in [-0.3, -0.25) is 4.55 Å². The molecule has 0 radical (unpaired) electrons. The van der Waals surface area contributed by atoms with Gasteiger partial charge < -0.3 is 6.53 Å². The van der Waals surface area contributed by atoms with Crippen LogP contribution in [0.4, 0.5) is 0 Å². The second-order valence-electron chi connectivity index (χ2n) is 2.19. The van der Waals surface area contributed by atoms with E-state index in [0.29, 0.717) is 12.8 Å². The zero-order valence-electron chi connectivity index (χ0n) is 7.82. The van der Waals surface area contributed by atoms with Gasteiger partial charge in [-0.1, -0.05) is 13.3 Å². The molecule has 0 aromatic carbocycles. The molecular formula is C5H13NaO4S. The minimum Gasteiger partial charge on any atom is -1.00 e. The molecule has 0 spiro atoms. The van der Waals surface area contributed by atoms with Gasteiger partial charge in [0.05, 0.1) is 6.10 Å². The van der Waals surface area contributed by atoms with Crippen molar-refractivity contribution in [1.82, 2.24) is 0 Å². The summed E-state index contributed by atoms with van der Waals surface area (Å²) in [6.07, 6.45) is 0.177. The first-order valence-electron chi connectivity index (χ1n) is 3.09. The molecule has 0 fully saturated rings. The monoisotopic (exact) mass is 192 g/mol. The van der Waals surface area contributed by atoms with Gasteiger partial charge in [0.15, 0.2) is 0 Å². The third kappa shape index (κ3) is 10.9. The van der Waals surface area contributed by atoms with Crippen molar-refractivity contribution in [2.45, 2.75) is 25.9 Å². The van der Waals surface area contributed by atoms with Gasteiger partial charge in [-0.05, 0) is 6.42 Å². The minimum atomic E-state index is -4.00. The smallest absolute Gasteiger partial charge is 1.00 e. The predicted octanol–water partition coefficient (Wildman–Crippen LogP) is -2.85. The van der Waals surface area contributed by atoms with Crippen LogP contribution in [0.15, 0.2) is 0 Å². The molecule has 0 bridgehead atoms. The minimum absolute atomic E-state index is 0. The molecule has 64 valence electrons. The molecule has 0 aliphatic carbocycles. The summed E-state index contributed by atoms with van der Waals surface area (Å²) in [5.74, 6) is -0.555. The van der Waals surface area contributed by atoms with E-state index in [1.165, 1.54) is 0 Å². The largest absolute Gasteiger partial charge is 1.00 e. The SMILES string of the molecule is CCCC(O)CS(=O)(=O)O.[H-].[Na+]. The number of aliphatic hydroxyl groups is 1. The zero-order valence-corrected chi connectivity index (χ0v) is 9.63. The summed E-state index contributed by atoms with van der Waals surface area (Å²) in [6, 6.07) is 0. The van der Waals surface area contributed by atoms with Crippen LogP contribution in [-0.2, 0) is 10.1 Å². The Morgan fingerprint density at radius 3 is 2.27 bits per heavy atom. The second kappa shape index (κ2) is 6.39. The van der Waals surface area contributed by atoms with E-state index in [-0.39, 0.29) is 31.0 Å². The third-order valence-corrected chi connectivity index (χ3v) is 1.83. The fraction of sp³-hybridized carbons (Fsp3) is 1.00. The first kappa shape index (κ1) is 14.4. The van der Waals surface area contributed by atoms with Crippen molar-refractivity contribution in [2.24, 2.45) is 0 Å². The first-order chi connectivity index (χ1) is 4.45. The van der Waals surface area contributed by atoms with Crippen molar-refractivity contribution in [3.8, 4) is 0 Å². The van der Waals surface area contributed by atoms with Crippen molar-refractivity contribution in [1.29, 1.82) is 0 Å². The van der Waals surface area contributed by atoms with Crippen LogP contribution in [0.3, 0.4) is 0 Å². The summed E-state index contributed by atoms with van der Waals surface area (Å²) in [4.78, 5) is 0. The van der Waals surface area contributed by atoms with Gasteiger partial charge >= 0.3 is 29.6 Å². The topological polar surface area (TPSA) is 74.6 Å². The Hall–Kier alpha value is 0.870. The second-order valence-corrected chi connectivity index (χ2v) is 3.69. The normalized spacial score (nSPS) is 13.7. The van der Waals surface area contributed by atoms with Gasteiger partial charge in [-0.15, -0.1) is 0 Å². The molecule has 0 saturated heterocycles. The fourth-order valence-electron chi connectivity index (χ4n) is 0.660. The van der Waals surface area contributed by atoms with Gasteiger partial charge in [-0.25, -0.2) is 0 Å². The van der Waals surface area contributed by atoms with Crippen LogP contribution in [0.5, 0.6) is 0 Å². The van der Waals surface area contributed by atoms with E-state index in [9.17, 15) is 8.42 Å². The Balaban J connectivity index is -0.000000405. The molecule has 0 saturated carbocycles. The Bertz CT molecular complexity index is 182. The molecule has 2 N–H and O–H groups in total. The van der Waals surface area contributed by atoms with Gasteiger partial charge in [-0.2, -0.15) is 8.42 Å². The molecule has 0 rings (SSSR count). The van der Waals surface area contributed by atoms with Crippen molar-refractivity contribution >= 4 is 10.1 Å². The van der Waals surface area contributed by atoms with Crippen molar-refractivity contribution in [2.75, 3.05) is 5.75 Å². The van der Waals surface area contributed by atoms with E-state index in [1.807, 2.05) is 6.92 Å². The molecule has 0 aliphatic rings. The standard InChI is InChI=1S/C5H12O4S.Na.H/c1-2-3-5(6)4-10(7,8)9;;/h5-6H,2-4H2,1H3,(H,7,8,9);;/q;+1;-1. The van der Waals surface area contributed by atoms with Gasteiger partial charge in [0, 0.05) is 0 Å². The van der Waals surface area contributed by atoms with Gasteiger partial charge in [0.25, 0.3) is 10.1 Å². The van der Waals surface area contributed by atoms with Crippen LogP contribution in [0.25, 0.3) is 0 Å². The van der Waals surface area contributed by atoms with E-state index < -0.39 is 22.0 Å². The Morgan fingerprint density at radius 1 is 1.55 bits per heavy atom. The van der Waals surface area contributed by atoms with Crippen molar-refractivity contribution in [3.63, 3.8) is 0 Å². The number of hydrogen-bond acceptors (Lipinski definition) is 3. The molecule has 0 aromatic heterocycles. The van der Waals surface area contributed by atoms with E-state index in [4.69, 9.17) is 9.66 Å². The molecular weight excluding hydrogens is 179 g/mol. The molecule has 11 heavy (non-hydrogen) atoms. The maximum absolute atomic E-state index is 10.1. The van der Waals surface area contributed by atoms with Gasteiger partial charge in [0.2, 0.25) is 0 Å². The molecule has 0 aromatic rings. The Labute approximate surface area is 90.5 Å².